The summed E-state index contributed by atoms with van der Waals surface area (Å²) in [6, 6.07) is 19.6. The summed E-state index contributed by atoms with van der Waals surface area (Å²) in [5.41, 5.74) is 1.64. The van der Waals surface area contributed by atoms with Gasteiger partial charge in [0, 0.05) is 16.6 Å². The number of rotatable bonds is 6. The van der Waals surface area contributed by atoms with Gasteiger partial charge in [0.1, 0.15) is 0 Å². The number of tetrazole rings is 1. The molecule has 1 aromatic heterocycles. The minimum Gasteiger partial charge on any atom is -0.493 e. The lowest BCUT2D eigenvalue weighted by atomic mass is 10.1. The standard InChI is InChI=1S/C20H18N6O2/c1-27-18-12-6-9-15(19(18)28-2)13-21-26-20(23-24-25-26)22-17-11-5-8-14-7-3-4-10-16(14)17/h3-13H,1-2H3,(H,22,23,25). The predicted molar refractivity (Wildman–Crippen MR) is 108 cm³/mol. The van der Waals surface area contributed by atoms with Gasteiger partial charge in [-0.15, -0.1) is 0 Å². The molecule has 4 rings (SSSR count). The molecule has 0 fully saturated rings. The van der Waals surface area contributed by atoms with Crippen molar-refractivity contribution in [2.75, 3.05) is 19.5 Å². The van der Waals surface area contributed by atoms with Gasteiger partial charge in [-0.05, 0) is 34.0 Å². The van der Waals surface area contributed by atoms with Gasteiger partial charge in [0.2, 0.25) is 0 Å². The van der Waals surface area contributed by atoms with E-state index in [1.807, 2.05) is 48.5 Å². The third kappa shape index (κ3) is 3.35. The fraction of sp³-hybridized carbons (Fsp3) is 0.100. The summed E-state index contributed by atoms with van der Waals surface area (Å²) in [7, 11) is 3.17. The van der Waals surface area contributed by atoms with Crippen molar-refractivity contribution in [2.24, 2.45) is 5.10 Å². The van der Waals surface area contributed by atoms with E-state index >= 15 is 0 Å². The molecule has 0 aliphatic carbocycles. The van der Waals surface area contributed by atoms with Crippen molar-refractivity contribution in [2.45, 2.75) is 0 Å². The van der Waals surface area contributed by atoms with Gasteiger partial charge in [-0.25, -0.2) is 0 Å². The summed E-state index contributed by atoms with van der Waals surface area (Å²) in [6.45, 7) is 0. The van der Waals surface area contributed by atoms with Gasteiger partial charge >= 0.3 is 0 Å². The first kappa shape index (κ1) is 17.5. The Labute approximate surface area is 161 Å². The molecule has 0 spiro atoms. The van der Waals surface area contributed by atoms with Crippen molar-refractivity contribution < 1.29 is 9.47 Å². The van der Waals surface area contributed by atoms with Gasteiger partial charge in [-0.2, -0.15) is 5.10 Å². The van der Waals surface area contributed by atoms with E-state index in [2.05, 4.69) is 38.1 Å². The monoisotopic (exact) mass is 374 g/mol. The Morgan fingerprint density at radius 2 is 1.79 bits per heavy atom. The lowest BCUT2D eigenvalue weighted by molar-refractivity contribution is 0.354. The van der Waals surface area contributed by atoms with Crippen LogP contribution in [-0.2, 0) is 0 Å². The molecule has 0 saturated carbocycles. The van der Waals surface area contributed by atoms with Crippen molar-refractivity contribution in [3.8, 4) is 11.5 Å². The number of hydrogen-bond donors (Lipinski definition) is 1. The summed E-state index contributed by atoms with van der Waals surface area (Å²) < 4.78 is 10.7. The van der Waals surface area contributed by atoms with E-state index in [0.29, 0.717) is 17.4 Å². The van der Waals surface area contributed by atoms with E-state index in [9.17, 15) is 0 Å². The second-order valence-electron chi connectivity index (χ2n) is 5.87. The Morgan fingerprint density at radius 1 is 0.964 bits per heavy atom. The number of nitrogens with zero attached hydrogens (tertiary/aromatic N) is 5. The number of benzene rings is 3. The largest absolute Gasteiger partial charge is 0.493 e. The molecule has 0 unspecified atom stereocenters. The van der Waals surface area contributed by atoms with Crippen molar-refractivity contribution in [1.29, 1.82) is 0 Å². The molecular formula is C20H18N6O2. The number of methoxy groups -OCH3 is 2. The van der Waals surface area contributed by atoms with Gasteiger partial charge in [0.15, 0.2) is 11.5 Å². The van der Waals surface area contributed by atoms with Crippen molar-refractivity contribution in [3.63, 3.8) is 0 Å². The first-order valence-corrected chi connectivity index (χ1v) is 8.58. The maximum absolute atomic E-state index is 5.42. The molecule has 1 heterocycles. The molecular weight excluding hydrogens is 356 g/mol. The Hall–Kier alpha value is -3.94. The third-order valence-corrected chi connectivity index (χ3v) is 4.23. The van der Waals surface area contributed by atoms with E-state index in [0.717, 1.165) is 22.0 Å². The highest BCUT2D eigenvalue weighted by Gasteiger charge is 2.10. The van der Waals surface area contributed by atoms with Crippen molar-refractivity contribution in [3.05, 3.63) is 66.2 Å². The summed E-state index contributed by atoms with van der Waals surface area (Å²) >= 11 is 0. The Balaban J connectivity index is 1.64. The Bertz CT molecular complexity index is 1130. The zero-order chi connectivity index (χ0) is 19.3. The maximum Gasteiger partial charge on any atom is 0.269 e. The molecule has 0 aliphatic heterocycles. The van der Waals surface area contributed by atoms with E-state index in [4.69, 9.17) is 9.47 Å². The smallest absolute Gasteiger partial charge is 0.269 e. The fourth-order valence-electron chi connectivity index (χ4n) is 2.92. The molecule has 140 valence electrons. The topological polar surface area (TPSA) is 86.5 Å². The SMILES string of the molecule is COc1cccc(C=Nn2nnnc2Nc2cccc3ccccc23)c1OC. The fourth-order valence-corrected chi connectivity index (χ4v) is 2.92. The van der Waals surface area contributed by atoms with Gasteiger partial charge in [-0.1, -0.05) is 52.4 Å². The Kier molecular flexibility index (Phi) is 4.83. The van der Waals surface area contributed by atoms with Gasteiger partial charge in [0.25, 0.3) is 5.95 Å². The number of nitrogens with one attached hydrogen (secondary N) is 1. The average molecular weight is 374 g/mol. The number of aromatic nitrogens is 4. The summed E-state index contributed by atoms with van der Waals surface area (Å²) in [4.78, 5) is 1.32. The molecule has 8 heteroatoms. The van der Waals surface area contributed by atoms with Crippen LogP contribution in [-0.4, -0.2) is 40.8 Å². The molecule has 0 aliphatic rings. The number of hydrogen-bond acceptors (Lipinski definition) is 7. The minimum atomic E-state index is 0.398. The zero-order valence-corrected chi connectivity index (χ0v) is 15.4. The second-order valence-corrected chi connectivity index (χ2v) is 5.87. The zero-order valence-electron chi connectivity index (χ0n) is 15.4. The normalized spacial score (nSPS) is 11.1. The summed E-state index contributed by atoms with van der Waals surface area (Å²) in [5.74, 6) is 1.61. The molecule has 0 saturated heterocycles. The molecule has 0 atom stereocenters. The lowest BCUT2D eigenvalue weighted by Crippen LogP contribution is -2.02. The molecule has 28 heavy (non-hydrogen) atoms. The minimum absolute atomic E-state index is 0.398. The van der Waals surface area contributed by atoms with E-state index in [1.165, 1.54) is 4.79 Å². The van der Waals surface area contributed by atoms with Crippen molar-refractivity contribution >= 4 is 28.6 Å². The number of ether oxygens (including phenoxy) is 2. The first-order chi connectivity index (χ1) is 13.8. The maximum atomic E-state index is 5.42. The molecule has 3 aromatic carbocycles. The van der Waals surface area contributed by atoms with Gasteiger partial charge < -0.3 is 14.8 Å². The van der Waals surface area contributed by atoms with Gasteiger partial charge in [0.05, 0.1) is 20.4 Å². The highest BCUT2D eigenvalue weighted by atomic mass is 16.5. The van der Waals surface area contributed by atoms with Gasteiger partial charge in [-0.3, -0.25) is 0 Å². The first-order valence-electron chi connectivity index (χ1n) is 8.58. The summed E-state index contributed by atoms with van der Waals surface area (Å²) in [5, 5.41) is 21.5. The highest BCUT2D eigenvalue weighted by molar-refractivity contribution is 5.94. The van der Waals surface area contributed by atoms with Crippen molar-refractivity contribution in [1.82, 2.24) is 20.3 Å². The van der Waals surface area contributed by atoms with Crippen LogP contribution in [0.25, 0.3) is 10.8 Å². The second kappa shape index (κ2) is 7.75. The molecule has 8 nitrogen and oxygen atoms in total. The molecule has 0 amide bonds. The van der Waals surface area contributed by atoms with Crippen LogP contribution >= 0.6 is 0 Å². The van der Waals surface area contributed by atoms with E-state index in [-0.39, 0.29) is 0 Å². The van der Waals surface area contributed by atoms with E-state index < -0.39 is 0 Å². The van der Waals surface area contributed by atoms with Crippen LogP contribution in [0.5, 0.6) is 11.5 Å². The summed E-state index contributed by atoms with van der Waals surface area (Å²) in [6.07, 6.45) is 1.62. The highest BCUT2D eigenvalue weighted by Crippen LogP contribution is 2.29. The van der Waals surface area contributed by atoms with E-state index in [1.54, 1.807) is 20.4 Å². The quantitative estimate of drug-likeness (QED) is 0.520. The van der Waals surface area contributed by atoms with Crippen LogP contribution in [0.15, 0.2) is 65.8 Å². The predicted octanol–water partition coefficient (Wildman–Crippen LogP) is 3.47. The number of fused-ring (bicyclic) bond motifs is 1. The van der Waals surface area contributed by atoms with Crippen LogP contribution in [0.3, 0.4) is 0 Å². The average Bonchev–Trinajstić information content (AvgIpc) is 3.19. The van der Waals surface area contributed by atoms with Crippen LogP contribution in [0, 0.1) is 0 Å². The Morgan fingerprint density at radius 3 is 2.64 bits per heavy atom. The lowest BCUT2D eigenvalue weighted by Gasteiger charge is -2.09. The molecule has 4 aromatic rings. The van der Waals surface area contributed by atoms with Crippen LogP contribution in [0.1, 0.15) is 5.56 Å². The molecule has 0 radical (unpaired) electrons. The van der Waals surface area contributed by atoms with Crippen LogP contribution in [0.2, 0.25) is 0 Å². The number of para-hydroxylation sites is 1. The van der Waals surface area contributed by atoms with Crippen LogP contribution in [0.4, 0.5) is 11.6 Å². The van der Waals surface area contributed by atoms with Crippen LogP contribution < -0.4 is 14.8 Å². The number of anilines is 2. The third-order valence-electron chi connectivity index (χ3n) is 4.23. The molecule has 1 N–H and O–H groups in total. The molecule has 0 bridgehead atoms.